The monoisotopic (exact) mass is 241 g/mol. The minimum Gasteiger partial charge on any atom is -0.355 e. The summed E-state index contributed by atoms with van der Waals surface area (Å²) in [5, 5.41) is 6.13. The Morgan fingerprint density at radius 2 is 2.29 bits per heavy atom. The first kappa shape index (κ1) is 14.0. The number of likely N-dealkylation sites (tertiary alicyclic amines) is 1. The smallest absolute Gasteiger partial charge is 0.236 e. The molecule has 0 aromatic carbocycles. The SMILES string of the molecule is CCCNC(=O)C(C)NC1CCC(=O)N(C)C1. The molecule has 0 aromatic heterocycles. The minimum atomic E-state index is -0.201. The molecule has 1 heterocycles. The number of carbonyl (C=O) groups excluding carboxylic acids is 2. The number of nitrogens with one attached hydrogen (secondary N) is 2. The largest absolute Gasteiger partial charge is 0.355 e. The molecule has 2 N–H and O–H groups in total. The lowest BCUT2D eigenvalue weighted by Crippen LogP contribution is -2.53. The van der Waals surface area contributed by atoms with Crippen molar-refractivity contribution in [3.05, 3.63) is 0 Å². The zero-order valence-electron chi connectivity index (χ0n) is 11.0. The van der Waals surface area contributed by atoms with Crippen LogP contribution in [0.3, 0.4) is 0 Å². The van der Waals surface area contributed by atoms with Gasteiger partial charge in [0.25, 0.3) is 0 Å². The molecule has 0 aliphatic carbocycles. The lowest BCUT2D eigenvalue weighted by atomic mass is 10.0. The van der Waals surface area contributed by atoms with Crippen molar-refractivity contribution < 1.29 is 9.59 Å². The van der Waals surface area contributed by atoms with Gasteiger partial charge >= 0.3 is 0 Å². The first-order valence-electron chi connectivity index (χ1n) is 6.32. The van der Waals surface area contributed by atoms with Gasteiger partial charge < -0.3 is 15.5 Å². The molecule has 5 nitrogen and oxygen atoms in total. The standard InChI is InChI=1S/C12H23N3O2/c1-4-7-13-12(17)9(2)14-10-5-6-11(16)15(3)8-10/h9-10,14H,4-8H2,1-3H3,(H,13,17). The van der Waals surface area contributed by atoms with Gasteiger partial charge in [-0.15, -0.1) is 0 Å². The molecule has 1 aliphatic heterocycles. The van der Waals surface area contributed by atoms with Gasteiger partial charge in [-0.2, -0.15) is 0 Å². The lowest BCUT2D eigenvalue weighted by molar-refractivity contribution is -0.132. The van der Waals surface area contributed by atoms with Gasteiger partial charge in [-0.3, -0.25) is 9.59 Å². The quantitative estimate of drug-likeness (QED) is 0.718. The molecule has 17 heavy (non-hydrogen) atoms. The Hall–Kier alpha value is -1.10. The summed E-state index contributed by atoms with van der Waals surface area (Å²) in [6, 6.07) is 0.0215. The molecule has 1 rings (SSSR count). The molecule has 2 unspecified atom stereocenters. The Bertz CT molecular complexity index is 281. The van der Waals surface area contributed by atoms with Crippen molar-refractivity contribution in [1.29, 1.82) is 0 Å². The van der Waals surface area contributed by atoms with E-state index in [0.717, 1.165) is 12.8 Å². The van der Waals surface area contributed by atoms with E-state index < -0.39 is 0 Å². The second kappa shape index (κ2) is 6.59. The number of carbonyl (C=O) groups is 2. The average Bonchev–Trinajstić information content (AvgIpc) is 2.30. The van der Waals surface area contributed by atoms with Crippen LogP contribution in [0.2, 0.25) is 0 Å². The van der Waals surface area contributed by atoms with E-state index in [9.17, 15) is 9.59 Å². The van der Waals surface area contributed by atoms with Gasteiger partial charge in [0.2, 0.25) is 11.8 Å². The number of hydrogen-bond acceptors (Lipinski definition) is 3. The van der Waals surface area contributed by atoms with Crippen molar-refractivity contribution in [3.63, 3.8) is 0 Å². The highest BCUT2D eigenvalue weighted by atomic mass is 16.2. The van der Waals surface area contributed by atoms with Gasteiger partial charge in [0.15, 0.2) is 0 Å². The zero-order chi connectivity index (χ0) is 12.8. The second-order valence-corrected chi connectivity index (χ2v) is 4.69. The zero-order valence-corrected chi connectivity index (χ0v) is 11.0. The molecule has 1 saturated heterocycles. The maximum absolute atomic E-state index is 11.7. The van der Waals surface area contributed by atoms with E-state index in [2.05, 4.69) is 10.6 Å². The van der Waals surface area contributed by atoms with E-state index in [1.54, 1.807) is 11.9 Å². The van der Waals surface area contributed by atoms with Crippen LogP contribution in [0.1, 0.15) is 33.1 Å². The number of piperidine rings is 1. The van der Waals surface area contributed by atoms with Gasteiger partial charge in [-0.25, -0.2) is 0 Å². The number of amides is 2. The van der Waals surface area contributed by atoms with Crippen LogP contribution in [0.25, 0.3) is 0 Å². The first-order valence-corrected chi connectivity index (χ1v) is 6.32. The topological polar surface area (TPSA) is 61.4 Å². The Labute approximate surface area is 103 Å². The van der Waals surface area contributed by atoms with E-state index in [1.807, 2.05) is 13.8 Å². The van der Waals surface area contributed by atoms with Crippen LogP contribution < -0.4 is 10.6 Å². The lowest BCUT2D eigenvalue weighted by Gasteiger charge is -2.31. The first-order chi connectivity index (χ1) is 8.04. The molecular formula is C12H23N3O2. The molecule has 0 bridgehead atoms. The normalized spacial score (nSPS) is 22.4. The summed E-state index contributed by atoms with van der Waals surface area (Å²) in [6.45, 7) is 5.29. The van der Waals surface area contributed by atoms with Crippen molar-refractivity contribution in [3.8, 4) is 0 Å². The van der Waals surface area contributed by atoms with Crippen LogP contribution >= 0.6 is 0 Å². The highest BCUT2D eigenvalue weighted by Crippen LogP contribution is 2.10. The Kier molecular flexibility index (Phi) is 5.41. The Balaban J connectivity index is 2.33. The molecule has 0 spiro atoms. The van der Waals surface area contributed by atoms with Crippen molar-refractivity contribution >= 4 is 11.8 Å². The molecule has 98 valence electrons. The molecular weight excluding hydrogens is 218 g/mol. The summed E-state index contributed by atoms with van der Waals surface area (Å²) >= 11 is 0. The van der Waals surface area contributed by atoms with Crippen LogP contribution in [-0.4, -0.2) is 48.9 Å². The van der Waals surface area contributed by atoms with Crippen LogP contribution in [0.4, 0.5) is 0 Å². The Morgan fingerprint density at radius 1 is 1.59 bits per heavy atom. The number of hydrogen-bond donors (Lipinski definition) is 2. The molecule has 1 fully saturated rings. The summed E-state index contributed by atoms with van der Waals surface area (Å²) in [5.41, 5.74) is 0. The molecule has 5 heteroatoms. The number of likely N-dealkylation sites (N-methyl/N-ethyl adjacent to an activating group) is 1. The van der Waals surface area contributed by atoms with Gasteiger partial charge in [0.1, 0.15) is 0 Å². The molecule has 1 aliphatic rings. The van der Waals surface area contributed by atoms with Crippen molar-refractivity contribution in [2.75, 3.05) is 20.1 Å². The molecule has 2 atom stereocenters. The maximum Gasteiger partial charge on any atom is 0.236 e. The van der Waals surface area contributed by atoms with E-state index in [4.69, 9.17) is 0 Å². The maximum atomic E-state index is 11.7. The summed E-state index contributed by atoms with van der Waals surface area (Å²) in [4.78, 5) is 24.7. The van der Waals surface area contributed by atoms with Gasteiger partial charge in [0, 0.05) is 32.6 Å². The van der Waals surface area contributed by atoms with E-state index in [-0.39, 0.29) is 23.9 Å². The highest BCUT2D eigenvalue weighted by Gasteiger charge is 2.25. The van der Waals surface area contributed by atoms with Gasteiger partial charge in [-0.1, -0.05) is 6.92 Å². The van der Waals surface area contributed by atoms with Gasteiger partial charge in [-0.05, 0) is 19.8 Å². The third-order valence-corrected chi connectivity index (χ3v) is 3.05. The molecule has 2 amide bonds. The van der Waals surface area contributed by atoms with Crippen LogP contribution in [0, 0.1) is 0 Å². The predicted octanol–water partition coefficient (Wildman–Crippen LogP) is 0.112. The molecule has 0 radical (unpaired) electrons. The summed E-state index contributed by atoms with van der Waals surface area (Å²) in [6.07, 6.45) is 2.32. The fourth-order valence-electron chi connectivity index (χ4n) is 1.98. The summed E-state index contributed by atoms with van der Waals surface area (Å²) in [7, 11) is 1.80. The van der Waals surface area contributed by atoms with Crippen molar-refractivity contribution in [2.45, 2.75) is 45.2 Å². The van der Waals surface area contributed by atoms with Crippen LogP contribution in [0.5, 0.6) is 0 Å². The van der Waals surface area contributed by atoms with E-state index in [1.165, 1.54) is 0 Å². The van der Waals surface area contributed by atoms with Crippen LogP contribution in [0.15, 0.2) is 0 Å². The fourth-order valence-corrected chi connectivity index (χ4v) is 1.98. The molecule has 0 aromatic rings. The van der Waals surface area contributed by atoms with E-state index >= 15 is 0 Å². The Morgan fingerprint density at radius 3 is 2.88 bits per heavy atom. The predicted molar refractivity (Wildman–Crippen MR) is 66.6 cm³/mol. The summed E-state index contributed by atoms with van der Waals surface area (Å²) in [5.74, 6) is 0.220. The second-order valence-electron chi connectivity index (χ2n) is 4.69. The molecule has 0 saturated carbocycles. The number of rotatable bonds is 5. The highest BCUT2D eigenvalue weighted by molar-refractivity contribution is 5.81. The average molecular weight is 241 g/mol. The third-order valence-electron chi connectivity index (χ3n) is 3.05. The van der Waals surface area contributed by atoms with Crippen molar-refractivity contribution in [2.24, 2.45) is 0 Å². The summed E-state index contributed by atoms with van der Waals surface area (Å²) < 4.78 is 0. The van der Waals surface area contributed by atoms with Crippen molar-refractivity contribution in [1.82, 2.24) is 15.5 Å². The third kappa shape index (κ3) is 4.34. The van der Waals surface area contributed by atoms with Gasteiger partial charge in [0.05, 0.1) is 6.04 Å². The van der Waals surface area contributed by atoms with E-state index in [0.29, 0.717) is 19.5 Å². The fraction of sp³-hybridized carbons (Fsp3) is 0.833. The van der Waals surface area contributed by atoms with Crippen LogP contribution in [-0.2, 0) is 9.59 Å². The number of nitrogens with zero attached hydrogens (tertiary/aromatic N) is 1. The minimum absolute atomic E-state index is 0.0337.